The number of hydrogen-bond donors (Lipinski definition) is 0. The van der Waals surface area contributed by atoms with E-state index in [2.05, 4.69) is 45.8 Å². The van der Waals surface area contributed by atoms with Crippen LogP contribution in [0.4, 0.5) is 11.4 Å². The van der Waals surface area contributed by atoms with Crippen LogP contribution in [0.15, 0.2) is 58.7 Å². The standard InChI is InChI=1S/C18H24N4/c1-4-16(11-12-19-2)15-20-21(3)17-7-9-18(10-8-17)22-13-5-6-14-22/h4,7-12,15H,1,5-6,13-14H2,2-3H3/b16-11+,19-12?,20-15+. The van der Waals surface area contributed by atoms with Gasteiger partial charge in [0.15, 0.2) is 0 Å². The van der Waals surface area contributed by atoms with Gasteiger partial charge in [0.25, 0.3) is 0 Å². The SMILES string of the molecule is C=CC(/C=N/N(C)c1ccc(N2CCCC2)cc1)=C\C=NC. The summed E-state index contributed by atoms with van der Waals surface area (Å²) in [5.41, 5.74) is 3.28. The van der Waals surface area contributed by atoms with Crippen LogP contribution in [0.5, 0.6) is 0 Å². The largest absolute Gasteiger partial charge is 0.372 e. The Bertz CT molecular complexity index is 563. The van der Waals surface area contributed by atoms with E-state index >= 15 is 0 Å². The van der Waals surface area contributed by atoms with Crippen molar-refractivity contribution in [3.63, 3.8) is 0 Å². The zero-order valence-corrected chi connectivity index (χ0v) is 13.4. The third kappa shape index (κ3) is 4.32. The lowest BCUT2D eigenvalue weighted by Gasteiger charge is -2.19. The minimum atomic E-state index is 0.922. The van der Waals surface area contributed by atoms with Crippen molar-refractivity contribution in [2.45, 2.75) is 12.8 Å². The van der Waals surface area contributed by atoms with Crippen LogP contribution in [0.1, 0.15) is 12.8 Å². The molecule has 22 heavy (non-hydrogen) atoms. The molecule has 0 bridgehead atoms. The van der Waals surface area contributed by atoms with Crippen molar-refractivity contribution >= 4 is 23.8 Å². The summed E-state index contributed by atoms with van der Waals surface area (Å²) < 4.78 is 0. The van der Waals surface area contributed by atoms with E-state index in [-0.39, 0.29) is 0 Å². The Labute approximate surface area is 133 Å². The van der Waals surface area contributed by atoms with Gasteiger partial charge in [-0.25, -0.2) is 0 Å². The Morgan fingerprint density at radius 3 is 2.50 bits per heavy atom. The Morgan fingerprint density at radius 1 is 1.23 bits per heavy atom. The molecule has 1 heterocycles. The number of allylic oxidation sites excluding steroid dienone is 3. The molecule has 0 N–H and O–H groups in total. The first kappa shape index (κ1) is 16.0. The third-order valence-electron chi connectivity index (χ3n) is 3.73. The van der Waals surface area contributed by atoms with Gasteiger partial charge < -0.3 is 4.90 Å². The number of hydrogen-bond acceptors (Lipinski definition) is 4. The number of aliphatic imine (C=N–C) groups is 1. The maximum Gasteiger partial charge on any atom is 0.0592 e. The zero-order valence-electron chi connectivity index (χ0n) is 13.4. The molecule has 1 saturated heterocycles. The summed E-state index contributed by atoms with van der Waals surface area (Å²) in [5, 5.41) is 6.29. The fourth-order valence-electron chi connectivity index (χ4n) is 2.40. The smallest absolute Gasteiger partial charge is 0.0592 e. The van der Waals surface area contributed by atoms with Crippen LogP contribution < -0.4 is 9.91 Å². The van der Waals surface area contributed by atoms with Crippen molar-refractivity contribution in [2.24, 2.45) is 10.1 Å². The van der Waals surface area contributed by atoms with Crippen LogP contribution in [0.3, 0.4) is 0 Å². The number of nitrogens with zero attached hydrogens (tertiary/aromatic N) is 4. The van der Waals surface area contributed by atoms with E-state index in [0.29, 0.717) is 0 Å². The van der Waals surface area contributed by atoms with E-state index in [1.165, 1.54) is 31.6 Å². The summed E-state index contributed by atoms with van der Waals surface area (Å²) in [5.74, 6) is 0. The van der Waals surface area contributed by atoms with Gasteiger partial charge in [0.1, 0.15) is 0 Å². The fraction of sp³-hybridized carbons (Fsp3) is 0.333. The Kier molecular flexibility index (Phi) is 5.95. The fourth-order valence-corrected chi connectivity index (χ4v) is 2.40. The highest BCUT2D eigenvalue weighted by atomic mass is 15.4. The molecule has 0 radical (unpaired) electrons. The highest BCUT2D eigenvalue weighted by Gasteiger charge is 2.12. The lowest BCUT2D eigenvalue weighted by atomic mass is 10.2. The summed E-state index contributed by atoms with van der Waals surface area (Å²) in [6, 6.07) is 8.55. The molecule has 2 rings (SSSR count). The number of anilines is 2. The average molecular weight is 296 g/mol. The van der Waals surface area contributed by atoms with E-state index in [4.69, 9.17) is 0 Å². The summed E-state index contributed by atoms with van der Waals surface area (Å²) in [4.78, 5) is 6.35. The normalized spacial score (nSPS) is 15.9. The molecule has 116 valence electrons. The molecule has 0 aliphatic carbocycles. The van der Waals surface area contributed by atoms with Gasteiger partial charge in [-0.1, -0.05) is 12.7 Å². The summed E-state index contributed by atoms with van der Waals surface area (Å²) in [6.45, 7) is 6.11. The first-order valence-corrected chi connectivity index (χ1v) is 7.62. The molecular weight excluding hydrogens is 272 g/mol. The average Bonchev–Trinajstić information content (AvgIpc) is 3.09. The van der Waals surface area contributed by atoms with Gasteiger partial charge in [-0.2, -0.15) is 5.10 Å². The van der Waals surface area contributed by atoms with Crippen LogP contribution in [0.2, 0.25) is 0 Å². The maximum absolute atomic E-state index is 4.44. The lowest BCUT2D eigenvalue weighted by Crippen LogP contribution is -2.17. The van der Waals surface area contributed by atoms with Crippen molar-refractivity contribution in [2.75, 3.05) is 37.1 Å². The lowest BCUT2D eigenvalue weighted by molar-refractivity contribution is 0.949. The summed E-state index contributed by atoms with van der Waals surface area (Å²) >= 11 is 0. The molecule has 1 aromatic carbocycles. The second-order valence-corrected chi connectivity index (χ2v) is 5.26. The first-order valence-electron chi connectivity index (χ1n) is 7.62. The van der Waals surface area contributed by atoms with Crippen LogP contribution in [-0.4, -0.2) is 39.6 Å². The molecule has 1 aliphatic heterocycles. The van der Waals surface area contributed by atoms with Crippen molar-refractivity contribution in [1.82, 2.24) is 0 Å². The van der Waals surface area contributed by atoms with Crippen molar-refractivity contribution < 1.29 is 0 Å². The highest BCUT2D eigenvalue weighted by Crippen LogP contribution is 2.23. The Hall–Kier alpha value is -2.36. The molecule has 0 spiro atoms. The predicted molar refractivity (Wildman–Crippen MR) is 97.5 cm³/mol. The molecule has 1 aliphatic rings. The van der Waals surface area contributed by atoms with Crippen LogP contribution >= 0.6 is 0 Å². The minimum absolute atomic E-state index is 0.922. The second-order valence-electron chi connectivity index (χ2n) is 5.26. The van der Waals surface area contributed by atoms with Gasteiger partial charge in [0.05, 0.1) is 11.9 Å². The monoisotopic (exact) mass is 296 g/mol. The Morgan fingerprint density at radius 2 is 1.91 bits per heavy atom. The first-order chi connectivity index (χ1) is 10.7. The van der Waals surface area contributed by atoms with E-state index in [1.807, 2.05) is 18.1 Å². The van der Waals surface area contributed by atoms with Crippen LogP contribution in [0, 0.1) is 0 Å². The molecule has 0 aromatic heterocycles. The summed E-state index contributed by atoms with van der Waals surface area (Å²) in [7, 11) is 3.68. The third-order valence-corrected chi connectivity index (χ3v) is 3.73. The molecule has 0 unspecified atom stereocenters. The molecule has 1 fully saturated rings. The van der Waals surface area contributed by atoms with E-state index in [1.54, 1.807) is 25.6 Å². The van der Waals surface area contributed by atoms with Crippen molar-refractivity contribution in [1.29, 1.82) is 0 Å². The van der Waals surface area contributed by atoms with Gasteiger partial charge in [-0.15, -0.1) is 0 Å². The molecule has 0 amide bonds. The molecule has 4 nitrogen and oxygen atoms in total. The zero-order chi connectivity index (χ0) is 15.8. The highest BCUT2D eigenvalue weighted by molar-refractivity contribution is 5.89. The van der Waals surface area contributed by atoms with Gasteiger partial charge in [-0.05, 0) is 48.8 Å². The maximum atomic E-state index is 4.44. The number of hydrazone groups is 1. The summed E-state index contributed by atoms with van der Waals surface area (Å²) in [6.07, 6.45) is 9.74. The molecule has 1 aromatic rings. The number of rotatable bonds is 6. The van der Waals surface area contributed by atoms with E-state index < -0.39 is 0 Å². The van der Waals surface area contributed by atoms with Gasteiger partial charge in [0.2, 0.25) is 0 Å². The van der Waals surface area contributed by atoms with Crippen molar-refractivity contribution in [3.05, 3.63) is 48.6 Å². The van der Waals surface area contributed by atoms with Crippen molar-refractivity contribution in [3.8, 4) is 0 Å². The molecule has 0 atom stereocenters. The topological polar surface area (TPSA) is 31.2 Å². The van der Waals surface area contributed by atoms with Gasteiger partial charge >= 0.3 is 0 Å². The van der Waals surface area contributed by atoms with Gasteiger partial charge in [0, 0.05) is 39.1 Å². The Balaban J connectivity index is 2.02. The minimum Gasteiger partial charge on any atom is -0.372 e. The molecule has 4 heteroatoms. The quantitative estimate of drug-likeness (QED) is 0.457. The van der Waals surface area contributed by atoms with E-state index in [9.17, 15) is 0 Å². The van der Waals surface area contributed by atoms with E-state index in [0.717, 1.165) is 11.3 Å². The number of benzene rings is 1. The molecular formula is C18H24N4. The van der Waals surface area contributed by atoms with Gasteiger partial charge in [-0.3, -0.25) is 10.0 Å². The predicted octanol–water partition coefficient (Wildman–Crippen LogP) is 3.52. The van der Waals surface area contributed by atoms with Crippen LogP contribution in [0.25, 0.3) is 0 Å². The van der Waals surface area contributed by atoms with Crippen LogP contribution in [-0.2, 0) is 0 Å². The second kappa shape index (κ2) is 8.17. The molecule has 0 saturated carbocycles.